The van der Waals surface area contributed by atoms with Gasteiger partial charge >= 0.3 is 0 Å². The number of nitrogens with two attached hydrogens (primary N) is 1. The van der Waals surface area contributed by atoms with Crippen LogP contribution in [0.25, 0.3) is 0 Å². The summed E-state index contributed by atoms with van der Waals surface area (Å²) in [6.07, 6.45) is 2.68. The fourth-order valence-corrected chi connectivity index (χ4v) is 2.35. The van der Waals surface area contributed by atoms with Crippen LogP contribution in [0.15, 0.2) is 24.3 Å². The molecule has 110 valence electrons. The number of carbonyl (C=O) groups is 1. The Kier molecular flexibility index (Phi) is 4.33. The Bertz CT molecular complexity index is 458. The second-order valence-corrected chi connectivity index (χ2v) is 6.32. The van der Waals surface area contributed by atoms with Gasteiger partial charge in [0.15, 0.2) is 0 Å². The van der Waals surface area contributed by atoms with Crippen molar-refractivity contribution in [2.75, 3.05) is 7.11 Å². The van der Waals surface area contributed by atoms with Gasteiger partial charge in [-0.1, -0.05) is 12.1 Å². The van der Waals surface area contributed by atoms with Crippen LogP contribution in [0.3, 0.4) is 0 Å². The Morgan fingerprint density at radius 2 is 2.00 bits per heavy atom. The second-order valence-electron chi connectivity index (χ2n) is 6.32. The molecule has 1 atom stereocenters. The van der Waals surface area contributed by atoms with Crippen LogP contribution in [-0.2, 0) is 4.79 Å². The van der Waals surface area contributed by atoms with Gasteiger partial charge < -0.3 is 15.8 Å². The molecule has 4 nitrogen and oxygen atoms in total. The normalized spacial score (nSPS) is 16.6. The van der Waals surface area contributed by atoms with Crippen LogP contribution >= 0.6 is 0 Å². The van der Waals surface area contributed by atoms with Gasteiger partial charge in [-0.25, -0.2) is 0 Å². The van der Waals surface area contributed by atoms with E-state index in [4.69, 9.17) is 10.5 Å². The minimum Gasteiger partial charge on any atom is -0.497 e. The first kappa shape index (κ1) is 14.9. The molecule has 0 heterocycles. The van der Waals surface area contributed by atoms with Crippen molar-refractivity contribution in [2.45, 2.75) is 44.7 Å². The number of nitrogens with one attached hydrogen (secondary N) is 1. The molecule has 1 aliphatic carbocycles. The molecule has 1 aromatic rings. The lowest BCUT2D eigenvalue weighted by Crippen LogP contribution is -2.40. The van der Waals surface area contributed by atoms with Crippen LogP contribution in [0, 0.1) is 5.92 Å². The monoisotopic (exact) mass is 276 g/mol. The molecule has 1 amide bonds. The average molecular weight is 276 g/mol. The van der Waals surface area contributed by atoms with E-state index >= 15 is 0 Å². The number of rotatable bonds is 6. The Morgan fingerprint density at radius 1 is 1.40 bits per heavy atom. The second kappa shape index (κ2) is 5.83. The lowest BCUT2D eigenvalue weighted by Gasteiger charge is -2.23. The number of methoxy groups -OCH3 is 1. The van der Waals surface area contributed by atoms with Gasteiger partial charge in [-0.2, -0.15) is 0 Å². The molecule has 0 saturated heterocycles. The van der Waals surface area contributed by atoms with Gasteiger partial charge in [0, 0.05) is 12.0 Å². The van der Waals surface area contributed by atoms with Crippen LogP contribution in [0.1, 0.15) is 44.7 Å². The van der Waals surface area contributed by atoms with Gasteiger partial charge in [0.1, 0.15) is 5.75 Å². The zero-order valence-electron chi connectivity index (χ0n) is 12.5. The molecule has 0 aliphatic heterocycles. The van der Waals surface area contributed by atoms with Crippen molar-refractivity contribution in [2.24, 2.45) is 11.7 Å². The highest BCUT2D eigenvalue weighted by Gasteiger charge is 2.33. The first-order valence-electron chi connectivity index (χ1n) is 7.11. The number of hydrogen-bond acceptors (Lipinski definition) is 3. The van der Waals surface area contributed by atoms with Crippen molar-refractivity contribution in [3.63, 3.8) is 0 Å². The third kappa shape index (κ3) is 4.23. The smallest absolute Gasteiger partial charge is 0.222 e. The number of benzene rings is 1. The molecule has 0 spiro atoms. The summed E-state index contributed by atoms with van der Waals surface area (Å²) < 4.78 is 5.17. The molecule has 1 aromatic carbocycles. The molecule has 0 bridgehead atoms. The summed E-state index contributed by atoms with van der Waals surface area (Å²) >= 11 is 0. The predicted molar refractivity (Wildman–Crippen MR) is 79.5 cm³/mol. The quantitative estimate of drug-likeness (QED) is 0.838. The largest absolute Gasteiger partial charge is 0.497 e. The fourth-order valence-electron chi connectivity index (χ4n) is 2.35. The van der Waals surface area contributed by atoms with Crippen LogP contribution in [0.2, 0.25) is 0 Å². The third-order valence-corrected chi connectivity index (χ3v) is 3.50. The molecule has 2 rings (SSSR count). The fraction of sp³-hybridized carbons (Fsp3) is 0.562. The first-order valence-corrected chi connectivity index (χ1v) is 7.11. The highest BCUT2D eigenvalue weighted by atomic mass is 16.5. The van der Waals surface area contributed by atoms with Gasteiger partial charge in [0.25, 0.3) is 0 Å². The highest BCUT2D eigenvalue weighted by Crippen LogP contribution is 2.41. The molecule has 1 aliphatic rings. The third-order valence-electron chi connectivity index (χ3n) is 3.50. The predicted octanol–water partition coefficient (Wildman–Crippen LogP) is 2.39. The lowest BCUT2D eigenvalue weighted by molar-refractivity contribution is -0.122. The molecule has 4 heteroatoms. The van der Waals surface area contributed by atoms with E-state index in [1.807, 2.05) is 38.1 Å². The van der Waals surface area contributed by atoms with E-state index in [9.17, 15) is 4.79 Å². The van der Waals surface area contributed by atoms with Crippen LogP contribution in [0.4, 0.5) is 0 Å². The highest BCUT2D eigenvalue weighted by molar-refractivity contribution is 5.77. The van der Waals surface area contributed by atoms with E-state index in [2.05, 4.69) is 5.32 Å². The number of amides is 1. The Balaban J connectivity index is 2.05. The lowest BCUT2D eigenvalue weighted by atomic mass is 9.99. The molecule has 1 fully saturated rings. The number of hydrogen-bond donors (Lipinski definition) is 2. The maximum atomic E-state index is 12.1. The SMILES string of the molecule is COc1ccc(C(NC(=O)CC(C)(C)N)C2CC2)cc1. The van der Waals surface area contributed by atoms with Crippen molar-refractivity contribution in [1.29, 1.82) is 0 Å². The topological polar surface area (TPSA) is 64.3 Å². The average Bonchev–Trinajstić information content (AvgIpc) is 3.18. The van der Waals surface area contributed by atoms with Crippen LogP contribution in [0.5, 0.6) is 5.75 Å². The number of carbonyl (C=O) groups excluding carboxylic acids is 1. The summed E-state index contributed by atoms with van der Waals surface area (Å²) in [6, 6.07) is 8.01. The molecule has 0 radical (unpaired) electrons. The van der Waals surface area contributed by atoms with Crippen LogP contribution in [-0.4, -0.2) is 18.6 Å². The maximum Gasteiger partial charge on any atom is 0.222 e. The summed E-state index contributed by atoms with van der Waals surface area (Å²) in [7, 11) is 1.65. The molecule has 1 unspecified atom stereocenters. The molecular formula is C16H24N2O2. The van der Waals surface area contributed by atoms with E-state index in [1.165, 1.54) is 12.8 Å². The van der Waals surface area contributed by atoms with Crippen molar-refractivity contribution in [3.8, 4) is 5.75 Å². The molecule has 1 saturated carbocycles. The first-order chi connectivity index (χ1) is 9.39. The molecular weight excluding hydrogens is 252 g/mol. The van der Waals surface area contributed by atoms with Gasteiger partial charge in [-0.05, 0) is 50.3 Å². The minimum atomic E-state index is -0.474. The summed E-state index contributed by atoms with van der Waals surface area (Å²) in [5, 5.41) is 3.13. The van der Waals surface area contributed by atoms with Crippen molar-refractivity contribution >= 4 is 5.91 Å². The minimum absolute atomic E-state index is 0.0187. The van der Waals surface area contributed by atoms with Gasteiger partial charge in [0.05, 0.1) is 13.2 Å². The van der Waals surface area contributed by atoms with E-state index in [0.717, 1.165) is 11.3 Å². The molecule has 0 aromatic heterocycles. The van der Waals surface area contributed by atoms with Gasteiger partial charge in [-0.3, -0.25) is 4.79 Å². The van der Waals surface area contributed by atoms with Crippen molar-refractivity contribution < 1.29 is 9.53 Å². The van der Waals surface area contributed by atoms with Crippen molar-refractivity contribution in [3.05, 3.63) is 29.8 Å². The maximum absolute atomic E-state index is 12.1. The summed E-state index contributed by atoms with van der Waals surface area (Å²) in [4.78, 5) is 12.1. The molecule has 3 N–H and O–H groups in total. The van der Waals surface area contributed by atoms with Gasteiger partial charge in [-0.15, -0.1) is 0 Å². The zero-order valence-corrected chi connectivity index (χ0v) is 12.5. The van der Waals surface area contributed by atoms with Crippen LogP contribution < -0.4 is 15.8 Å². The Hall–Kier alpha value is -1.55. The number of ether oxygens (including phenoxy) is 1. The van der Waals surface area contributed by atoms with E-state index in [1.54, 1.807) is 7.11 Å². The van der Waals surface area contributed by atoms with Gasteiger partial charge in [0.2, 0.25) is 5.91 Å². The standard InChI is InChI=1S/C16H24N2O2/c1-16(2,17)10-14(19)18-15(11-4-5-11)12-6-8-13(20-3)9-7-12/h6-9,11,15H,4-5,10,17H2,1-3H3,(H,18,19). The van der Waals surface area contributed by atoms with E-state index in [0.29, 0.717) is 12.3 Å². The van der Waals surface area contributed by atoms with E-state index < -0.39 is 5.54 Å². The summed E-state index contributed by atoms with van der Waals surface area (Å²) in [5.74, 6) is 1.40. The summed E-state index contributed by atoms with van der Waals surface area (Å²) in [5.41, 5.74) is 6.56. The molecule has 20 heavy (non-hydrogen) atoms. The van der Waals surface area contributed by atoms with Crippen molar-refractivity contribution in [1.82, 2.24) is 5.32 Å². The van der Waals surface area contributed by atoms with E-state index in [-0.39, 0.29) is 11.9 Å². The Morgan fingerprint density at radius 3 is 2.45 bits per heavy atom. The Labute approximate surface area is 120 Å². The zero-order chi connectivity index (χ0) is 14.8. The summed E-state index contributed by atoms with van der Waals surface area (Å²) in [6.45, 7) is 3.73.